The zero-order chi connectivity index (χ0) is 16.4. The minimum Gasteiger partial charge on any atom is -0.508 e. The first-order valence-electron chi connectivity index (χ1n) is 6.30. The molecule has 8 nitrogen and oxygen atoms in total. The molecule has 0 saturated heterocycles. The number of benzene rings is 1. The Balaban J connectivity index is 2.52. The third-order valence-corrected chi connectivity index (χ3v) is 3.67. The van der Waals surface area contributed by atoms with Crippen LogP contribution in [0.1, 0.15) is 5.56 Å². The summed E-state index contributed by atoms with van der Waals surface area (Å²) in [5, 5.41) is 15.0. The molecule has 1 rings (SSSR count). The van der Waals surface area contributed by atoms with Gasteiger partial charge in [-0.1, -0.05) is 17.2 Å². The number of rotatable bonds is 8. The first kappa shape index (κ1) is 17.7. The van der Waals surface area contributed by atoms with E-state index >= 15 is 0 Å². The Kier molecular flexibility index (Phi) is 7.66. The zero-order valence-electron chi connectivity index (χ0n) is 11.9. The summed E-state index contributed by atoms with van der Waals surface area (Å²) in [5.74, 6) is -0.0903. The van der Waals surface area contributed by atoms with Crippen molar-refractivity contribution in [2.24, 2.45) is 5.11 Å². The quantitative estimate of drug-likeness (QED) is 0.325. The van der Waals surface area contributed by atoms with Gasteiger partial charge < -0.3 is 15.2 Å². The molecule has 0 bridgehead atoms. The first-order valence-corrected chi connectivity index (χ1v) is 7.46. The fraction of sp³-hybridized carbons (Fsp3) is 0.385. The van der Waals surface area contributed by atoms with Crippen molar-refractivity contribution in [2.45, 2.75) is 11.8 Å². The number of hydrogen-bond donors (Lipinski definition) is 2. The van der Waals surface area contributed by atoms with E-state index in [4.69, 9.17) is 5.53 Å². The highest BCUT2D eigenvalue weighted by molar-refractivity contribution is 7.98. The lowest BCUT2D eigenvalue weighted by Gasteiger charge is -2.15. The van der Waals surface area contributed by atoms with E-state index in [9.17, 15) is 14.7 Å². The third kappa shape index (κ3) is 6.38. The van der Waals surface area contributed by atoms with E-state index in [0.717, 1.165) is 5.56 Å². The van der Waals surface area contributed by atoms with Crippen molar-refractivity contribution < 1.29 is 19.4 Å². The average molecular weight is 324 g/mol. The predicted octanol–water partition coefficient (Wildman–Crippen LogP) is 1.59. The number of esters is 1. The molecule has 0 saturated carbocycles. The largest absolute Gasteiger partial charge is 0.508 e. The highest BCUT2D eigenvalue weighted by Crippen LogP contribution is 2.17. The molecule has 1 aromatic rings. The Morgan fingerprint density at radius 1 is 1.55 bits per heavy atom. The van der Waals surface area contributed by atoms with E-state index in [2.05, 4.69) is 20.1 Å². The van der Waals surface area contributed by atoms with Crippen molar-refractivity contribution in [3.05, 3.63) is 40.3 Å². The molecule has 0 aromatic heterocycles. The van der Waals surface area contributed by atoms with Gasteiger partial charge in [0.25, 0.3) is 0 Å². The van der Waals surface area contributed by atoms with Crippen molar-refractivity contribution in [3.8, 4) is 5.75 Å². The number of azide groups is 1. The molecule has 0 radical (unpaired) electrons. The van der Waals surface area contributed by atoms with Gasteiger partial charge in [-0.3, -0.25) is 4.79 Å². The molecule has 0 unspecified atom stereocenters. The van der Waals surface area contributed by atoms with Gasteiger partial charge in [0.05, 0.1) is 7.11 Å². The van der Waals surface area contributed by atoms with Gasteiger partial charge in [-0.05, 0) is 23.2 Å². The molecule has 1 amide bonds. The fourth-order valence-electron chi connectivity index (χ4n) is 1.59. The second-order valence-corrected chi connectivity index (χ2v) is 5.25. The molecule has 0 aliphatic heterocycles. The molecule has 2 N–H and O–H groups in total. The highest BCUT2D eigenvalue weighted by Gasteiger charge is 2.21. The van der Waals surface area contributed by atoms with Crippen LogP contribution in [0.5, 0.6) is 5.75 Å². The minimum atomic E-state index is -0.825. The molecule has 0 fully saturated rings. The van der Waals surface area contributed by atoms with Crippen LogP contribution < -0.4 is 5.32 Å². The number of carbonyl (C=O) groups is 2. The Morgan fingerprint density at radius 2 is 2.32 bits per heavy atom. The third-order valence-electron chi connectivity index (χ3n) is 2.56. The summed E-state index contributed by atoms with van der Waals surface area (Å²) in [6.07, 6.45) is 0. The van der Waals surface area contributed by atoms with Crippen LogP contribution in [0.2, 0.25) is 0 Å². The number of methoxy groups -OCH3 is 1. The van der Waals surface area contributed by atoms with Crippen LogP contribution in [0.15, 0.2) is 29.4 Å². The molecule has 0 aliphatic carbocycles. The van der Waals surface area contributed by atoms with E-state index < -0.39 is 17.9 Å². The molecule has 118 valence electrons. The molecular formula is C13H16N4O4S. The molecule has 9 heteroatoms. The number of thioether (sulfide) groups is 1. The standard InChI is InChI=1S/C13H16N4O4S/c1-21-13(20)11(16-12(19)6-15-17-14)8-22-7-9-3-2-4-10(18)5-9/h2-5,11,18H,6-8H2,1H3,(H,16,19)/t11-/m1/s1. The number of hydrogen-bond acceptors (Lipinski definition) is 6. The van der Waals surface area contributed by atoms with Crippen molar-refractivity contribution in [2.75, 3.05) is 19.4 Å². The number of aromatic hydroxyl groups is 1. The summed E-state index contributed by atoms with van der Waals surface area (Å²) in [6, 6.07) is 5.95. The molecule has 0 spiro atoms. The topological polar surface area (TPSA) is 124 Å². The van der Waals surface area contributed by atoms with Crippen LogP contribution in [0.25, 0.3) is 10.4 Å². The van der Waals surface area contributed by atoms with Crippen molar-refractivity contribution in [1.29, 1.82) is 0 Å². The van der Waals surface area contributed by atoms with Gasteiger partial charge in [-0.25, -0.2) is 4.79 Å². The van der Waals surface area contributed by atoms with Crippen LogP contribution >= 0.6 is 11.8 Å². The van der Waals surface area contributed by atoms with Crippen LogP contribution in [0, 0.1) is 0 Å². The van der Waals surface area contributed by atoms with E-state index in [-0.39, 0.29) is 12.3 Å². The van der Waals surface area contributed by atoms with E-state index in [0.29, 0.717) is 11.5 Å². The van der Waals surface area contributed by atoms with Crippen molar-refractivity contribution in [3.63, 3.8) is 0 Å². The Labute approximate surface area is 131 Å². The highest BCUT2D eigenvalue weighted by atomic mass is 32.2. The minimum absolute atomic E-state index is 0.172. The summed E-state index contributed by atoms with van der Waals surface area (Å²) in [5.41, 5.74) is 9.05. The van der Waals surface area contributed by atoms with Gasteiger partial charge in [-0.2, -0.15) is 11.8 Å². The lowest BCUT2D eigenvalue weighted by Crippen LogP contribution is -2.44. The second-order valence-electron chi connectivity index (χ2n) is 4.22. The molecule has 0 heterocycles. The van der Waals surface area contributed by atoms with E-state index in [1.807, 2.05) is 6.07 Å². The molecule has 1 aromatic carbocycles. The maximum atomic E-state index is 11.6. The van der Waals surface area contributed by atoms with Crippen LogP contribution in [-0.2, 0) is 20.1 Å². The lowest BCUT2D eigenvalue weighted by molar-refractivity contribution is -0.144. The summed E-state index contributed by atoms with van der Waals surface area (Å²) < 4.78 is 4.63. The SMILES string of the molecule is COC(=O)[C@@H](CSCc1cccc(O)c1)NC(=O)CN=[N+]=[N-]. The number of nitrogens with zero attached hydrogens (tertiary/aromatic N) is 3. The smallest absolute Gasteiger partial charge is 0.329 e. The fourth-order valence-corrected chi connectivity index (χ4v) is 2.58. The first-order chi connectivity index (χ1) is 10.6. The van der Waals surface area contributed by atoms with Gasteiger partial charge in [0.15, 0.2) is 0 Å². The number of phenols is 1. The van der Waals surface area contributed by atoms with Gasteiger partial charge in [0.2, 0.25) is 5.91 Å². The van der Waals surface area contributed by atoms with E-state index in [1.54, 1.807) is 18.2 Å². The number of ether oxygens (including phenoxy) is 1. The Morgan fingerprint density at radius 3 is 2.95 bits per heavy atom. The predicted molar refractivity (Wildman–Crippen MR) is 82.2 cm³/mol. The van der Waals surface area contributed by atoms with Crippen molar-refractivity contribution in [1.82, 2.24) is 5.32 Å². The van der Waals surface area contributed by atoms with Gasteiger partial charge >= 0.3 is 5.97 Å². The molecule has 22 heavy (non-hydrogen) atoms. The summed E-state index contributed by atoms with van der Waals surface area (Å²) in [6.45, 7) is -0.374. The van der Waals surface area contributed by atoms with Crippen LogP contribution in [0.4, 0.5) is 0 Å². The lowest BCUT2D eigenvalue weighted by atomic mass is 10.2. The Bertz CT molecular complexity index is 575. The van der Waals surface area contributed by atoms with Crippen LogP contribution in [0.3, 0.4) is 0 Å². The monoisotopic (exact) mass is 324 g/mol. The number of amides is 1. The number of nitrogens with one attached hydrogen (secondary N) is 1. The van der Waals surface area contributed by atoms with Crippen molar-refractivity contribution >= 4 is 23.6 Å². The number of phenolic OH excluding ortho intramolecular Hbond substituents is 1. The molecule has 1 atom stereocenters. The van der Waals surface area contributed by atoms with Gasteiger partial charge in [-0.15, -0.1) is 0 Å². The van der Waals surface area contributed by atoms with E-state index in [1.165, 1.54) is 18.9 Å². The second kappa shape index (κ2) is 9.54. The van der Waals surface area contributed by atoms with Gasteiger partial charge in [0.1, 0.15) is 18.3 Å². The van der Waals surface area contributed by atoms with Gasteiger partial charge in [0, 0.05) is 16.4 Å². The molecule has 0 aliphatic rings. The molecular weight excluding hydrogens is 308 g/mol. The Hall–Kier alpha value is -2.38. The maximum absolute atomic E-state index is 11.6. The summed E-state index contributed by atoms with van der Waals surface area (Å²) in [7, 11) is 1.23. The number of carbonyl (C=O) groups excluding carboxylic acids is 2. The normalized spacial score (nSPS) is 11.1. The average Bonchev–Trinajstić information content (AvgIpc) is 2.51. The summed E-state index contributed by atoms with van der Waals surface area (Å²) in [4.78, 5) is 25.6. The zero-order valence-corrected chi connectivity index (χ0v) is 12.7. The maximum Gasteiger partial charge on any atom is 0.329 e. The summed E-state index contributed by atoms with van der Waals surface area (Å²) >= 11 is 1.40. The van der Waals surface area contributed by atoms with Crippen LogP contribution in [-0.4, -0.2) is 42.4 Å².